The van der Waals surface area contributed by atoms with Crippen LogP contribution in [0.3, 0.4) is 0 Å². The SMILES string of the molecule is CO.COc1ccc(C2CC(=O)N(C(=O)OC(C)(C)C)C2)cc1OC1CCCC1. The van der Waals surface area contributed by atoms with Gasteiger partial charge in [0.15, 0.2) is 11.5 Å². The number of methoxy groups -OCH3 is 1. The lowest BCUT2D eigenvalue weighted by atomic mass is 9.98. The van der Waals surface area contributed by atoms with Crippen LogP contribution < -0.4 is 9.47 Å². The molecule has 2 amide bonds. The maximum atomic E-state index is 12.3. The van der Waals surface area contributed by atoms with Crippen molar-refractivity contribution in [2.45, 2.75) is 70.5 Å². The van der Waals surface area contributed by atoms with Gasteiger partial charge in [-0.25, -0.2) is 9.69 Å². The van der Waals surface area contributed by atoms with Crippen LogP contribution in [-0.2, 0) is 9.53 Å². The van der Waals surface area contributed by atoms with Gasteiger partial charge in [0.25, 0.3) is 0 Å². The summed E-state index contributed by atoms with van der Waals surface area (Å²) >= 11 is 0. The summed E-state index contributed by atoms with van der Waals surface area (Å²) in [7, 11) is 2.62. The number of ether oxygens (including phenoxy) is 3. The van der Waals surface area contributed by atoms with Crippen molar-refractivity contribution in [1.82, 2.24) is 4.90 Å². The van der Waals surface area contributed by atoms with Crippen molar-refractivity contribution in [3.8, 4) is 11.5 Å². The highest BCUT2D eigenvalue weighted by Gasteiger charge is 2.37. The minimum Gasteiger partial charge on any atom is -0.493 e. The van der Waals surface area contributed by atoms with Crippen LogP contribution in [0.15, 0.2) is 18.2 Å². The van der Waals surface area contributed by atoms with Crippen molar-refractivity contribution in [2.24, 2.45) is 0 Å². The number of carbonyl (C=O) groups is 2. The summed E-state index contributed by atoms with van der Waals surface area (Å²) in [4.78, 5) is 25.8. The third-order valence-corrected chi connectivity index (χ3v) is 4.99. The lowest BCUT2D eigenvalue weighted by Crippen LogP contribution is -2.37. The Balaban J connectivity index is 0.00000145. The van der Waals surface area contributed by atoms with E-state index in [0.717, 1.165) is 25.5 Å². The van der Waals surface area contributed by atoms with Crippen LogP contribution in [0.2, 0.25) is 0 Å². The summed E-state index contributed by atoms with van der Waals surface area (Å²) in [6.07, 6.45) is 4.42. The van der Waals surface area contributed by atoms with Gasteiger partial charge in [0, 0.05) is 26.0 Å². The number of aliphatic hydroxyl groups excluding tert-OH is 1. The molecule has 1 saturated heterocycles. The molecule has 1 unspecified atom stereocenters. The van der Waals surface area contributed by atoms with Gasteiger partial charge in [-0.1, -0.05) is 6.07 Å². The number of hydrogen-bond donors (Lipinski definition) is 1. The van der Waals surface area contributed by atoms with E-state index in [9.17, 15) is 9.59 Å². The first-order valence-corrected chi connectivity index (χ1v) is 10.1. The maximum absolute atomic E-state index is 12.3. The Morgan fingerprint density at radius 2 is 1.79 bits per heavy atom. The van der Waals surface area contributed by atoms with Crippen LogP contribution in [0, 0.1) is 0 Å². The quantitative estimate of drug-likeness (QED) is 0.815. The summed E-state index contributed by atoms with van der Waals surface area (Å²) in [6, 6.07) is 5.77. The zero-order valence-electron chi connectivity index (χ0n) is 18.1. The Hall–Kier alpha value is -2.28. The minimum atomic E-state index is -0.627. The molecule has 0 radical (unpaired) electrons. The Morgan fingerprint density at radius 1 is 1.14 bits per heavy atom. The fraction of sp³-hybridized carbons (Fsp3) is 0.636. The van der Waals surface area contributed by atoms with Gasteiger partial charge < -0.3 is 19.3 Å². The molecule has 7 heteroatoms. The van der Waals surface area contributed by atoms with E-state index in [1.165, 1.54) is 17.7 Å². The maximum Gasteiger partial charge on any atom is 0.417 e. The second-order valence-corrected chi connectivity index (χ2v) is 8.32. The van der Waals surface area contributed by atoms with Gasteiger partial charge in [0.2, 0.25) is 5.91 Å². The van der Waals surface area contributed by atoms with Gasteiger partial charge in [0.05, 0.1) is 13.2 Å². The summed E-state index contributed by atoms with van der Waals surface area (Å²) < 4.78 is 16.9. The fourth-order valence-electron chi connectivity index (χ4n) is 3.65. The smallest absolute Gasteiger partial charge is 0.417 e. The average molecular weight is 408 g/mol. The van der Waals surface area contributed by atoms with E-state index < -0.39 is 11.7 Å². The molecule has 1 N–H and O–H groups in total. The van der Waals surface area contributed by atoms with Gasteiger partial charge in [-0.15, -0.1) is 0 Å². The van der Waals surface area contributed by atoms with Gasteiger partial charge in [-0.05, 0) is 64.2 Å². The predicted octanol–water partition coefficient (Wildman–Crippen LogP) is 3.88. The van der Waals surface area contributed by atoms with Crippen molar-refractivity contribution >= 4 is 12.0 Å². The van der Waals surface area contributed by atoms with Crippen LogP contribution in [0.1, 0.15) is 64.4 Å². The molecule has 7 nitrogen and oxygen atoms in total. The van der Waals surface area contributed by atoms with Crippen LogP contribution >= 0.6 is 0 Å². The van der Waals surface area contributed by atoms with Crippen LogP contribution in [0.4, 0.5) is 4.79 Å². The number of nitrogens with zero attached hydrogens (tertiary/aromatic N) is 1. The number of rotatable bonds is 4. The minimum absolute atomic E-state index is 0.0677. The average Bonchev–Trinajstić information content (AvgIpc) is 3.31. The molecule has 1 heterocycles. The molecule has 0 bridgehead atoms. The van der Waals surface area contributed by atoms with Gasteiger partial charge in [0.1, 0.15) is 5.60 Å². The number of benzene rings is 1. The first kappa shape index (κ1) is 23.0. The number of imide groups is 1. The molecule has 2 aliphatic rings. The summed E-state index contributed by atoms with van der Waals surface area (Å²) in [5.74, 6) is 1.13. The monoisotopic (exact) mass is 407 g/mol. The molecule has 3 rings (SSSR count). The number of amides is 2. The third-order valence-electron chi connectivity index (χ3n) is 4.99. The molecule has 1 aliphatic heterocycles. The number of likely N-dealkylation sites (tertiary alicyclic amines) is 1. The highest BCUT2D eigenvalue weighted by atomic mass is 16.6. The summed E-state index contributed by atoms with van der Waals surface area (Å²) in [5.41, 5.74) is 0.348. The Labute approximate surface area is 172 Å². The standard InChI is InChI=1S/C21H29NO5.CH4O/c1-21(2,3)27-20(24)22-13-15(12-19(22)23)14-9-10-17(25-4)18(11-14)26-16-7-5-6-8-16;1-2/h9-11,15-16H,5-8,12-13H2,1-4H3;2H,1H3. The van der Waals surface area contributed by atoms with Crippen LogP contribution in [0.25, 0.3) is 0 Å². The largest absolute Gasteiger partial charge is 0.493 e. The van der Waals surface area contributed by atoms with E-state index in [-0.39, 0.29) is 24.3 Å². The fourth-order valence-corrected chi connectivity index (χ4v) is 3.65. The highest BCUT2D eigenvalue weighted by molar-refractivity contribution is 5.94. The van der Waals surface area contributed by atoms with Gasteiger partial charge in [-0.2, -0.15) is 0 Å². The molecule has 1 aliphatic carbocycles. The van der Waals surface area contributed by atoms with E-state index in [1.807, 2.05) is 18.2 Å². The van der Waals surface area contributed by atoms with Gasteiger partial charge >= 0.3 is 6.09 Å². The van der Waals surface area contributed by atoms with E-state index in [0.29, 0.717) is 18.0 Å². The number of hydrogen-bond acceptors (Lipinski definition) is 6. The molecule has 162 valence electrons. The Bertz CT molecular complexity index is 706. The van der Waals surface area contributed by atoms with E-state index in [1.54, 1.807) is 27.9 Å². The summed E-state index contributed by atoms with van der Waals surface area (Å²) in [5, 5.41) is 7.00. The van der Waals surface area contributed by atoms with Crippen LogP contribution in [-0.4, -0.2) is 54.5 Å². The lowest BCUT2D eigenvalue weighted by Gasteiger charge is -2.23. The van der Waals surface area contributed by atoms with Crippen molar-refractivity contribution in [3.05, 3.63) is 23.8 Å². The second-order valence-electron chi connectivity index (χ2n) is 8.32. The Kier molecular flexibility index (Phi) is 7.90. The van der Waals surface area contributed by atoms with Crippen molar-refractivity contribution in [3.63, 3.8) is 0 Å². The topological polar surface area (TPSA) is 85.3 Å². The molecule has 0 aromatic heterocycles. The second kappa shape index (κ2) is 9.96. The molecule has 1 aromatic rings. The molecule has 1 atom stereocenters. The number of carbonyl (C=O) groups excluding carboxylic acids is 2. The zero-order valence-corrected chi connectivity index (χ0v) is 18.1. The predicted molar refractivity (Wildman–Crippen MR) is 109 cm³/mol. The van der Waals surface area contributed by atoms with E-state index in [2.05, 4.69) is 0 Å². The number of aliphatic hydroxyl groups is 1. The molecule has 1 saturated carbocycles. The van der Waals surface area contributed by atoms with Crippen molar-refractivity contribution in [1.29, 1.82) is 0 Å². The Morgan fingerprint density at radius 3 is 2.38 bits per heavy atom. The van der Waals surface area contributed by atoms with Crippen molar-refractivity contribution in [2.75, 3.05) is 20.8 Å². The molecule has 1 aromatic carbocycles. The first-order valence-electron chi connectivity index (χ1n) is 10.1. The molecule has 2 fully saturated rings. The zero-order chi connectivity index (χ0) is 21.6. The molecule has 29 heavy (non-hydrogen) atoms. The molecule has 0 spiro atoms. The van der Waals surface area contributed by atoms with E-state index >= 15 is 0 Å². The molecular weight excluding hydrogens is 374 g/mol. The van der Waals surface area contributed by atoms with Gasteiger partial charge in [-0.3, -0.25) is 4.79 Å². The summed E-state index contributed by atoms with van der Waals surface area (Å²) in [6.45, 7) is 5.69. The first-order chi connectivity index (χ1) is 13.8. The van der Waals surface area contributed by atoms with Crippen LogP contribution in [0.5, 0.6) is 11.5 Å². The lowest BCUT2D eigenvalue weighted by molar-refractivity contribution is -0.126. The van der Waals surface area contributed by atoms with Crippen molar-refractivity contribution < 1.29 is 28.9 Å². The molecular formula is C22H33NO6. The van der Waals surface area contributed by atoms with E-state index in [4.69, 9.17) is 19.3 Å². The highest BCUT2D eigenvalue weighted by Crippen LogP contribution is 2.37. The normalized spacial score (nSPS) is 19.6. The third kappa shape index (κ3) is 6.10.